The lowest BCUT2D eigenvalue weighted by Crippen LogP contribution is -2.20. The number of carbonyl (C=O) groups excluding carboxylic acids is 1. The van der Waals surface area contributed by atoms with E-state index >= 15 is 0 Å². The first-order valence-corrected chi connectivity index (χ1v) is 9.99. The lowest BCUT2D eigenvalue weighted by molar-refractivity contribution is -0.153. The minimum atomic E-state index is -4.58. The van der Waals surface area contributed by atoms with Crippen LogP contribution in [-0.4, -0.2) is 42.0 Å². The lowest BCUT2D eigenvalue weighted by Gasteiger charge is -2.14. The van der Waals surface area contributed by atoms with E-state index < -0.39 is 18.8 Å². The third-order valence-corrected chi connectivity index (χ3v) is 4.75. The van der Waals surface area contributed by atoms with Crippen molar-refractivity contribution in [3.05, 3.63) is 41.7 Å². The normalized spacial score (nSPS) is 11.5. The van der Waals surface area contributed by atoms with E-state index in [2.05, 4.69) is 10.3 Å². The molecule has 32 heavy (non-hydrogen) atoms. The van der Waals surface area contributed by atoms with Crippen molar-refractivity contribution >= 4 is 28.4 Å². The number of pyridine rings is 1. The van der Waals surface area contributed by atoms with Gasteiger partial charge in [0.05, 0.1) is 36.2 Å². The number of methoxy groups -OCH3 is 1. The third-order valence-electron chi connectivity index (χ3n) is 4.75. The van der Waals surface area contributed by atoms with Crippen molar-refractivity contribution in [3.8, 4) is 11.5 Å². The zero-order valence-electron chi connectivity index (χ0n) is 18.2. The van der Waals surface area contributed by atoms with Crippen LogP contribution >= 0.6 is 0 Å². The minimum absolute atomic E-state index is 0.0628. The van der Waals surface area contributed by atoms with Crippen molar-refractivity contribution in [2.24, 2.45) is 7.05 Å². The molecule has 2 heterocycles. The van der Waals surface area contributed by atoms with Crippen LogP contribution in [0.25, 0.3) is 11.0 Å². The van der Waals surface area contributed by atoms with Gasteiger partial charge in [-0.05, 0) is 31.5 Å². The van der Waals surface area contributed by atoms with Crippen LogP contribution in [0.4, 0.5) is 24.5 Å². The summed E-state index contributed by atoms with van der Waals surface area (Å²) >= 11 is 0. The number of ether oxygens (including phenoxy) is 3. The number of halogens is 3. The maximum absolute atomic E-state index is 12.9. The largest absolute Gasteiger partial charge is 0.495 e. The summed E-state index contributed by atoms with van der Waals surface area (Å²) < 4.78 is 55.6. The number of nitrogens with zero attached hydrogens (tertiary/aromatic N) is 2. The summed E-state index contributed by atoms with van der Waals surface area (Å²) in [7, 11) is 3.07. The Hall–Kier alpha value is -3.43. The van der Waals surface area contributed by atoms with Gasteiger partial charge in [-0.1, -0.05) is 19.1 Å². The zero-order chi connectivity index (χ0) is 23.5. The highest BCUT2D eigenvalue weighted by atomic mass is 19.4. The molecule has 0 aliphatic rings. The van der Waals surface area contributed by atoms with Crippen LogP contribution < -0.4 is 14.8 Å². The molecule has 0 amide bonds. The molecular weight excluding hydrogens is 427 g/mol. The molecule has 0 unspecified atom stereocenters. The molecule has 0 saturated heterocycles. The van der Waals surface area contributed by atoms with E-state index in [0.717, 1.165) is 0 Å². The van der Waals surface area contributed by atoms with Gasteiger partial charge < -0.3 is 24.1 Å². The molecule has 172 valence electrons. The first-order chi connectivity index (χ1) is 15.2. The SMILES string of the molecule is CCOC(=O)c1c(OCC(F)(F)F)c2cc(Nc3ccccc3OC)c(CC)nc2n1C. The molecular formula is C22H24F3N3O4. The number of hydrogen-bond acceptors (Lipinski definition) is 6. The number of para-hydroxylation sites is 2. The van der Waals surface area contributed by atoms with Crippen LogP contribution in [-0.2, 0) is 18.2 Å². The molecule has 0 fully saturated rings. The van der Waals surface area contributed by atoms with Gasteiger partial charge in [-0.2, -0.15) is 13.2 Å². The average molecular weight is 451 g/mol. The van der Waals surface area contributed by atoms with Gasteiger partial charge in [0, 0.05) is 7.05 Å². The Morgan fingerprint density at radius 1 is 1.19 bits per heavy atom. The molecule has 0 spiro atoms. The molecule has 0 atom stereocenters. The summed E-state index contributed by atoms with van der Waals surface area (Å²) in [4.78, 5) is 17.1. The fraction of sp³-hybridized carbons (Fsp3) is 0.364. The van der Waals surface area contributed by atoms with Gasteiger partial charge in [-0.25, -0.2) is 9.78 Å². The number of rotatable bonds is 8. The Kier molecular flexibility index (Phi) is 6.81. The first-order valence-electron chi connectivity index (χ1n) is 9.99. The molecule has 3 aromatic rings. The summed E-state index contributed by atoms with van der Waals surface area (Å²) in [5, 5.41) is 3.49. The standard InChI is InChI=1S/C22H24F3N3O4/c1-5-14-16(26-15-9-7-8-10-17(15)30-4)11-13-19(32-12-22(23,24)25)18(21(29)31-6-2)28(3)20(13)27-14/h7-11,26H,5-6,12H2,1-4H3. The van der Waals surface area contributed by atoms with Crippen molar-refractivity contribution in [2.45, 2.75) is 26.4 Å². The summed E-state index contributed by atoms with van der Waals surface area (Å²) in [5.74, 6) is -0.428. The van der Waals surface area contributed by atoms with Gasteiger partial charge >= 0.3 is 12.1 Å². The second kappa shape index (κ2) is 9.37. The molecule has 0 aliphatic heterocycles. The highest BCUT2D eigenvalue weighted by molar-refractivity contribution is 6.01. The topological polar surface area (TPSA) is 74.6 Å². The molecule has 3 rings (SSSR count). The van der Waals surface area contributed by atoms with Crippen molar-refractivity contribution < 1.29 is 32.2 Å². The molecule has 10 heteroatoms. The number of carbonyl (C=O) groups is 1. The second-order valence-electron chi connectivity index (χ2n) is 6.89. The first kappa shape index (κ1) is 23.2. The number of esters is 1. The van der Waals surface area contributed by atoms with Gasteiger partial charge in [0.25, 0.3) is 0 Å². The van der Waals surface area contributed by atoms with Crippen LogP contribution in [0.15, 0.2) is 30.3 Å². The van der Waals surface area contributed by atoms with Crippen LogP contribution in [0.1, 0.15) is 30.0 Å². The third kappa shape index (κ3) is 4.74. The van der Waals surface area contributed by atoms with E-state index in [4.69, 9.17) is 14.2 Å². The number of anilines is 2. The van der Waals surface area contributed by atoms with E-state index in [1.54, 1.807) is 25.1 Å². The van der Waals surface area contributed by atoms with Crippen molar-refractivity contribution in [2.75, 3.05) is 25.6 Å². The molecule has 0 aliphatic carbocycles. The molecule has 0 bridgehead atoms. The average Bonchev–Trinajstić information content (AvgIpc) is 3.02. The monoisotopic (exact) mass is 451 g/mol. The minimum Gasteiger partial charge on any atom is -0.495 e. The van der Waals surface area contributed by atoms with Crippen molar-refractivity contribution in [1.82, 2.24) is 9.55 Å². The van der Waals surface area contributed by atoms with Gasteiger partial charge in [0.1, 0.15) is 11.4 Å². The molecule has 1 aromatic carbocycles. The molecule has 1 N–H and O–H groups in total. The van der Waals surface area contributed by atoms with Crippen LogP contribution in [0, 0.1) is 0 Å². The Balaban J connectivity index is 2.19. The van der Waals surface area contributed by atoms with Crippen molar-refractivity contribution in [1.29, 1.82) is 0 Å². The molecule has 0 saturated carbocycles. The van der Waals surface area contributed by atoms with Gasteiger partial charge in [-0.3, -0.25) is 0 Å². The molecule has 0 radical (unpaired) electrons. The van der Waals surface area contributed by atoms with E-state index in [0.29, 0.717) is 34.9 Å². The summed E-state index contributed by atoms with van der Waals surface area (Å²) in [5.41, 5.74) is 2.05. The number of nitrogens with one attached hydrogen (secondary N) is 1. The Bertz CT molecular complexity index is 1130. The van der Waals surface area contributed by atoms with E-state index in [-0.39, 0.29) is 23.4 Å². The summed E-state index contributed by atoms with van der Waals surface area (Å²) in [6, 6.07) is 8.85. The quantitative estimate of drug-likeness (QED) is 0.486. The Labute approximate surface area is 183 Å². The van der Waals surface area contributed by atoms with E-state index in [1.807, 2.05) is 19.1 Å². The predicted octanol–water partition coefficient (Wildman–Crippen LogP) is 5.01. The van der Waals surface area contributed by atoms with Crippen LogP contribution in [0.5, 0.6) is 11.5 Å². The van der Waals surface area contributed by atoms with E-state index in [9.17, 15) is 18.0 Å². The zero-order valence-corrected chi connectivity index (χ0v) is 18.2. The maximum atomic E-state index is 12.9. The molecule has 2 aromatic heterocycles. The number of aryl methyl sites for hydroxylation is 2. The fourth-order valence-corrected chi connectivity index (χ4v) is 3.35. The molecule has 7 nitrogen and oxygen atoms in total. The lowest BCUT2D eigenvalue weighted by atomic mass is 10.2. The summed E-state index contributed by atoms with van der Waals surface area (Å²) in [6.45, 7) is 2.02. The van der Waals surface area contributed by atoms with E-state index in [1.165, 1.54) is 18.7 Å². The van der Waals surface area contributed by atoms with Crippen LogP contribution in [0.2, 0.25) is 0 Å². The maximum Gasteiger partial charge on any atom is 0.422 e. The van der Waals surface area contributed by atoms with Gasteiger partial charge in [0.15, 0.2) is 18.1 Å². The highest BCUT2D eigenvalue weighted by Crippen LogP contribution is 2.37. The second-order valence-corrected chi connectivity index (χ2v) is 6.89. The van der Waals surface area contributed by atoms with Gasteiger partial charge in [0.2, 0.25) is 0 Å². The number of benzene rings is 1. The van der Waals surface area contributed by atoms with Crippen molar-refractivity contribution in [3.63, 3.8) is 0 Å². The Morgan fingerprint density at radius 2 is 1.91 bits per heavy atom. The Morgan fingerprint density at radius 3 is 2.53 bits per heavy atom. The smallest absolute Gasteiger partial charge is 0.422 e. The number of hydrogen-bond donors (Lipinski definition) is 1. The number of fused-ring (bicyclic) bond motifs is 1. The highest BCUT2D eigenvalue weighted by Gasteiger charge is 2.32. The number of aromatic nitrogens is 2. The predicted molar refractivity (Wildman–Crippen MR) is 114 cm³/mol. The summed E-state index contributed by atoms with van der Waals surface area (Å²) in [6.07, 6.45) is -4.05. The number of alkyl halides is 3. The van der Waals surface area contributed by atoms with Crippen LogP contribution in [0.3, 0.4) is 0 Å². The van der Waals surface area contributed by atoms with Gasteiger partial charge in [-0.15, -0.1) is 0 Å². The fourth-order valence-electron chi connectivity index (χ4n) is 3.35.